The Labute approximate surface area is 128 Å². The van der Waals surface area contributed by atoms with E-state index in [1.165, 1.54) is 25.3 Å². The highest BCUT2D eigenvalue weighted by Crippen LogP contribution is 2.20. The molecule has 1 heterocycles. The van der Waals surface area contributed by atoms with Crippen molar-refractivity contribution in [3.8, 4) is 5.75 Å². The lowest BCUT2D eigenvalue weighted by Crippen LogP contribution is -2.11. The van der Waals surface area contributed by atoms with Crippen LogP contribution < -0.4 is 4.74 Å². The summed E-state index contributed by atoms with van der Waals surface area (Å²) in [5.74, 6) is -0.263. The van der Waals surface area contributed by atoms with Crippen molar-refractivity contribution in [2.45, 2.75) is 33.4 Å². The van der Waals surface area contributed by atoms with Gasteiger partial charge in [-0.05, 0) is 38.1 Å². The Hall–Kier alpha value is -2.37. The molecular formula is C16H19FN2O3. The number of carbonyl (C=O) groups is 1. The summed E-state index contributed by atoms with van der Waals surface area (Å²) in [6.07, 6.45) is 0.208. The van der Waals surface area contributed by atoms with E-state index in [0.29, 0.717) is 17.9 Å². The molecule has 118 valence electrons. The topological polar surface area (TPSA) is 53.4 Å². The fraction of sp³-hybridized carbons (Fsp3) is 0.375. The zero-order valence-electron chi connectivity index (χ0n) is 12.9. The van der Waals surface area contributed by atoms with Crippen molar-refractivity contribution in [2.75, 3.05) is 7.11 Å². The fourth-order valence-corrected chi connectivity index (χ4v) is 2.19. The maximum absolute atomic E-state index is 13.2. The number of aryl methyl sites for hydroxylation is 3. The molecule has 0 fully saturated rings. The Kier molecular flexibility index (Phi) is 5.14. The van der Waals surface area contributed by atoms with Gasteiger partial charge in [0, 0.05) is 11.3 Å². The molecule has 0 saturated carbocycles. The summed E-state index contributed by atoms with van der Waals surface area (Å²) >= 11 is 0. The van der Waals surface area contributed by atoms with E-state index < -0.39 is 5.82 Å². The highest BCUT2D eigenvalue weighted by molar-refractivity contribution is 5.69. The molecule has 1 aromatic carbocycles. The molecule has 0 aliphatic rings. The third-order valence-corrected chi connectivity index (χ3v) is 3.26. The third-order valence-electron chi connectivity index (χ3n) is 3.26. The summed E-state index contributed by atoms with van der Waals surface area (Å²) in [6.45, 7) is 4.27. The second-order valence-electron chi connectivity index (χ2n) is 5.02. The van der Waals surface area contributed by atoms with E-state index in [1.54, 1.807) is 4.68 Å². The molecule has 0 N–H and O–H groups in total. The molecule has 0 spiro atoms. The van der Waals surface area contributed by atoms with E-state index in [1.807, 2.05) is 19.9 Å². The molecule has 2 rings (SSSR count). The van der Waals surface area contributed by atoms with Gasteiger partial charge < -0.3 is 9.47 Å². The number of aromatic nitrogens is 2. The Morgan fingerprint density at radius 1 is 1.32 bits per heavy atom. The maximum Gasteiger partial charge on any atom is 0.308 e. The standard InChI is InChI=1S/C16H19FN2O3/c1-11-8-12(2)19(18-11)7-6-16(20)22-10-13-9-14(17)4-5-15(13)21-3/h4-5,8-9H,6-7,10H2,1-3H3. The molecule has 0 atom stereocenters. The van der Waals surface area contributed by atoms with Gasteiger partial charge in [0.05, 0.1) is 25.8 Å². The highest BCUT2D eigenvalue weighted by Gasteiger charge is 2.10. The van der Waals surface area contributed by atoms with Crippen molar-refractivity contribution >= 4 is 5.97 Å². The van der Waals surface area contributed by atoms with Crippen LogP contribution in [0.2, 0.25) is 0 Å². The Balaban J connectivity index is 1.88. The van der Waals surface area contributed by atoms with Gasteiger partial charge in [-0.25, -0.2) is 4.39 Å². The second-order valence-corrected chi connectivity index (χ2v) is 5.02. The summed E-state index contributed by atoms with van der Waals surface area (Å²) in [5.41, 5.74) is 2.41. The first-order chi connectivity index (χ1) is 10.5. The first kappa shape index (κ1) is 16.0. The van der Waals surface area contributed by atoms with Gasteiger partial charge in [-0.1, -0.05) is 0 Å². The van der Waals surface area contributed by atoms with Crippen LogP contribution in [-0.4, -0.2) is 22.9 Å². The number of halogens is 1. The predicted octanol–water partition coefficient (Wildman–Crippen LogP) is 2.78. The van der Waals surface area contributed by atoms with Crippen LogP contribution in [0.15, 0.2) is 24.3 Å². The molecule has 5 nitrogen and oxygen atoms in total. The lowest BCUT2D eigenvalue weighted by molar-refractivity contribution is -0.145. The first-order valence-electron chi connectivity index (χ1n) is 6.98. The van der Waals surface area contributed by atoms with Crippen LogP contribution in [0.25, 0.3) is 0 Å². The number of carbonyl (C=O) groups excluding carboxylic acids is 1. The largest absolute Gasteiger partial charge is 0.496 e. The van der Waals surface area contributed by atoms with Gasteiger partial charge in [0.2, 0.25) is 0 Å². The molecule has 0 bridgehead atoms. The van der Waals surface area contributed by atoms with Crippen LogP contribution in [0.3, 0.4) is 0 Å². The lowest BCUT2D eigenvalue weighted by atomic mass is 10.2. The van der Waals surface area contributed by atoms with Crippen molar-refractivity contribution in [1.82, 2.24) is 9.78 Å². The molecule has 0 amide bonds. The zero-order chi connectivity index (χ0) is 16.1. The van der Waals surface area contributed by atoms with E-state index in [0.717, 1.165) is 11.4 Å². The summed E-state index contributed by atoms with van der Waals surface area (Å²) in [6, 6.07) is 6.05. The number of benzene rings is 1. The van der Waals surface area contributed by atoms with E-state index in [4.69, 9.17) is 9.47 Å². The van der Waals surface area contributed by atoms with Gasteiger partial charge in [0.15, 0.2) is 0 Å². The van der Waals surface area contributed by atoms with Crippen LogP contribution in [0.4, 0.5) is 4.39 Å². The van der Waals surface area contributed by atoms with E-state index in [9.17, 15) is 9.18 Å². The average Bonchev–Trinajstić information content (AvgIpc) is 2.81. The molecule has 6 heteroatoms. The molecular weight excluding hydrogens is 287 g/mol. The Bertz CT molecular complexity index is 667. The monoisotopic (exact) mass is 306 g/mol. The van der Waals surface area contributed by atoms with Gasteiger partial charge in [-0.2, -0.15) is 5.10 Å². The summed E-state index contributed by atoms with van der Waals surface area (Å²) in [5, 5.41) is 4.28. The number of nitrogens with zero attached hydrogens (tertiary/aromatic N) is 2. The normalized spacial score (nSPS) is 10.5. The van der Waals surface area contributed by atoms with Crippen molar-refractivity contribution in [3.63, 3.8) is 0 Å². The Morgan fingerprint density at radius 2 is 2.09 bits per heavy atom. The van der Waals surface area contributed by atoms with Gasteiger partial charge in [-0.3, -0.25) is 9.48 Å². The predicted molar refractivity (Wildman–Crippen MR) is 79.1 cm³/mol. The average molecular weight is 306 g/mol. The quantitative estimate of drug-likeness (QED) is 0.770. The highest BCUT2D eigenvalue weighted by atomic mass is 19.1. The van der Waals surface area contributed by atoms with Crippen LogP contribution in [0.1, 0.15) is 23.4 Å². The molecule has 0 unspecified atom stereocenters. The molecule has 22 heavy (non-hydrogen) atoms. The van der Waals surface area contributed by atoms with Crippen molar-refractivity contribution in [2.24, 2.45) is 0 Å². The molecule has 0 aliphatic heterocycles. The first-order valence-corrected chi connectivity index (χ1v) is 6.98. The van der Waals surface area contributed by atoms with Crippen LogP contribution in [-0.2, 0) is 22.7 Å². The SMILES string of the molecule is COc1ccc(F)cc1COC(=O)CCn1nc(C)cc1C. The zero-order valence-corrected chi connectivity index (χ0v) is 12.9. The number of hydrogen-bond acceptors (Lipinski definition) is 4. The minimum atomic E-state index is -0.394. The van der Waals surface area contributed by atoms with Gasteiger partial charge >= 0.3 is 5.97 Å². The second kappa shape index (κ2) is 7.06. The van der Waals surface area contributed by atoms with Gasteiger partial charge in [-0.15, -0.1) is 0 Å². The number of ether oxygens (including phenoxy) is 2. The van der Waals surface area contributed by atoms with E-state index >= 15 is 0 Å². The van der Waals surface area contributed by atoms with Gasteiger partial charge in [0.1, 0.15) is 18.2 Å². The van der Waals surface area contributed by atoms with Crippen LogP contribution in [0, 0.1) is 19.7 Å². The summed E-state index contributed by atoms with van der Waals surface area (Å²) < 4.78 is 25.3. The molecule has 0 radical (unpaired) electrons. The Morgan fingerprint density at radius 3 is 2.73 bits per heavy atom. The smallest absolute Gasteiger partial charge is 0.308 e. The number of rotatable bonds is 6. The van der Waals surface area contributed by atoms with Crippen molar-refractivity contribution in [1.29, 1.82) is 0 Å². The van der Waals surface area contributed by atoms with E-state index in [-0.39, 0.29) is 19.0 Å². The van der Waals surface area contributed by atoms with E-state index in [2.05, 4.69) is 5.10 Å². The fourth-order valence-electron chi connectivity index (χ4n) is 2.19. The van der Waals surface area contributed by atoms with Gasteiger partial charge in [0.25, 0.3) is 0 Å². The summed E-state index contributed by atoms with van der Waals surface area (Å²) in [4.78, 5) is 11.8. The van der Waals surface area contributed by atoms with Crippen molar-refractivity contribution < 1.29 is 18.7 Å². The molecule has 0 aliphatic carbocycles. The molecule has 1 aromatic heterocycles. The number of hydrogen-bond donors (Lipinski definition) is 0. The summed E-state index contributed by atoms with van der Waals surface area (Å²) in [7, 11) is 1.49. The van der Waals surface area contributed by atoms with Crippen LogP contribution in [0.5, 0.6) is 5.75 Å². The molecule has 2 aromatic rings. The number of esters is 1. The molecule has 0 saturated heterocycles. The lowest BCUT2D eigenvalue weighted by Gasteiger charge is -2.10. The minimum Gasteiger partial charge on any atom is -0.496 e. The van der Waals surface area contributed by atoms with Crippen LogP contribution >= 0.6 is 0 Å². The number of methoxy groups -OCH3 is 1. The maximum atomic E-state index is 13.2. The van der Waals surface area contributed by atoms with Crippen molar-refractivity contribution in [3.05, 3.63) is 47.0 Å². The minimum absolute atomic E-state index is 0.0170. The third kappa shape index (κ3) is 4.07.